The number of hydrogen-bond donors (Lipinski definition) is 2. The molecule has 2 N–H and O–H groups in total. The van der Waals surface area contributed by atoms with Gasteiger partial charge in [-0.15, -0.1) is 0 Å². The zero-order chi connectivity index (χ0) is 29.5. The molecule has 2 aromatic carbocycles. The first-order valence-electron chi connectivity index (χ1n) is 14.5. The molecule has 2 aromatic heterocycles. The van der Waals surface area contributed by atoms with Crippen LogP contribution in [-0.2, 0) is 24.9 Å². The second-order valence-electron chi connectivity index (χ2n) is 11.8. The molecule has 1 saturated heterocycles. The first kappa shape index (κ1) is 26.4. The molecule has 2 saturated carbocycles. The average Bonchev–Trinajstić information content (AvgIpc) is 3.93. The monoisotopic (exact) mass is 601 g/mol. The molecular formula is C30H31N7O5S. The quantitative estimate of drug-likeness (QED) is 0.302. The number of methoxy groups -OCH3 is 1. The fraction of sp³-hybridized carbons (Fsp3) is 0.400. The molecule has 0 radical (unpaired) electrons. The number of amides is 1. The second kappa shape index (κ2) is 9.38. The molecule has 1 spiro atoms. The van der Waals surface area contributed by atoms with Gasteiger partial charge in [0.25, 0.3) is 0 Å². The predicted octanol–water partition coefficient (Wildman–Crippen LogP) is 3.55. The number of fused-ring (bicyclic) bond motifs is 3. The lowest BCUT2D eigenvalue weighted by Crippen LogP contribution is -2.41. The Labute approximate surface area is 248 Å². The molecule has 2 atom stereocenters. The Balaban J connectivity index is 1.13. The summed E-state index contributed by atoms with van der Waals surface area (Å²) in [7, 11) is 0.126. The smallest absolute Gasteiger partial charge is 0.235 e. The lowest BCUT2D eigenvalue weighted by molar-refractivity contribution is -0.118. The molecule has 4 aromatic rings. The molecule has 2 aliphatic heterocycles. The molecule has 12 nitrogen and oxygen atoms in total. The normalized spacial score (nSPS) is 23.8. The van der Waals surface area contributed by atoms with E-state index >= 15 is 0 Å². The molecule has 2 aliphatic carbocycles. The Morgan fingerprint density at radius 1 is 1.09 bits per heavy atom. The number of ether oxygens (including phenoxy) is 1. The number of benzene rings is 2. The number of sulfone groups is 1. The van der Waals surface area contributed by atoms with Crippen LogP contribution in [-0.4, -0.2) is 73.3 Å². The van der Waals surface area contributed by atoms with Gasteiger partial charge in [-0.2, -0.15) is 10.2 Å². The molecule has 4 heterocycles. The van der Waals surface area contributed by atoms with Gasteiger partial charge in [0, 0.05) is 36.0 Å². The highest BCUT2D eigenvalue weighted by atomic mass is 32.2. The van der Waals surface area contributed by atoms with E-state index in [1.54, 1.807) is 25.5 Å². The van der Waals surface area contributed by atoms with Crippen LogP contribution in [0.4, 0.5) is 23.0 Å². The summed E-state index contributed by atoms with van der Waals surface area (Å²) in [6.07, 6.45) is 4.57. The van der Waals surface area contributed by atoms with Gasteiger partial charge in [0.15, 0.2) is 21.5 Å². The van der Waals surface area contributed by atoms with E-state index in [1.807, 2.05) is 41.3 Å². The van der Waals surface area contributed by atoms with Crippen LogP contribution in [0.15, 0.2) is 42.6 Å². The van der Waals surface area contributed by atoms with Crippen molar-refractivity contribution in [2.45, 2.75) is 36.5 Å². The highest BCUT2D eigenvalue weighted by Crippen LogP contribution is 2.65. The Morgan fingerprint density at radius 2 is 1.91 bits per heavy atom. The van der Waals surface area contributed by atoms with Crippen LogP contribution in [0.1, 0.15) is 48.0 Å². The van der Waals surface area contributed by atoms with E-state index in [1.165, 1.54) is 0 Å². The zero-order valence-electron chi connectivity index (χ0n) is 23.8. The lowest BCUT2D eigenvalue weighted by atomic mass is 9.91. The van der Waals surface area contributed by atoms with Crippen LogP contribution >= 0.6 is 0 Å². The maximum atomic E-state index is 13.2. The van der Waals surface area contributed by atoms with Crippen LogP contribution in [0.2, 0.25) is 0 Å². The van der Waals surface area contributed by atoms with Gasteiger partial charge in [0.2, 0.25) is 5.91 Å². The molecule has 0 bridgehead atoms. The minimum Gasteiger partial charge on any atom is -0.497 e. The van der Waals surface area contributed by atoms with Crippen molar-refractivity contribution in [3.63, 3.8) is 0 Å². The van der Waals surface area contributed by atoms with Crippen molar-refractivity contribution in [1.82, 2.24) is 20.2 Å². The van der Waals surface area contributed by atoms with E-state index < -0.39 is 15.3 Å². The van der Waals surface area contributed by atoms with Gasteiger partial charge in [0.1, 0.15) is 17.3 Å². The number of nitrogens with zero attached hydrogens (tertiary/aromatic N) is 5. The summed E-state index contributed by atoms with van der Waals surface area (Å²) in [6, 6.07) is 11.8. The number of nitrogens with one attached hydrogen (secondary N) is 2. The number of anilines is 4. The fourth-order valence-electron chi connectivity index (χ4n) is 6.61. The van der Waals surface area contributed by atoms with Gasteiger partial charge in [0.05, 0.1) is 42.9 Å². The molecule has 13 heteroatoms. The summed E-state index contributed by atoms with van der Waals surface area (Å²) in [6.45, 7) is 0.703. The van der Waals surface area contributed by atoms with E-state index in [2.05, 4.69) is 20.5 Å². The number of carbonyl (C=O) groups excluding carboxylic acids is 1. The van der Waals surface area contributed by atoms with Gasteiger partial charge in [-0.1, -0.05) is 6.07 Å². The number of aromatic nitrogens is 4. The summed E-state index contributed by atoms with van der Waals surface area (Å²) >= 11 is 0. The van der Waals surface area contributed by atoms with Gasteiger partial charge < -0.3 is 15.0 Å². The second-order valence-corrected chi connectivity index (χ2v) is 14.1. The van der Waals surface area contributed by atoms with Crippen molar-refractivity contribution in [2.24, 2.45) is 0 Å². The van der Waals surface area contributed by atoms with Crippen LogP contribution in [0.5, 0.6) is 5.75 Å². The summed E-state index contributed by atoms with van der Waals surface area (Å²) in [5, 5.41) is 13.2. The largest absolute Gasteiger partial charge is 0.497 e. The molecule has 43 heavy (non-hydrogen) atoms. The minimum absolute atomic E-state index is 0.0180. The van der Waals surface area contributed by atoms with E-state index in [4.69, 9.17) is 14.6 Å². The zero-order valence-corrected chi connectivity index (χ0v) is 24.6. The number of H-pyrrole nitrogens is 1. The van der Waals surface area contributed by atoms with Gasteiger partial charge in [-0.3, -0.25) is 14.7 Å². The molecule has 3 fully saturated rings. The van der Waals surface area contributed by atoms with Crippen molar-refractivity contribution in [2.75, 3.05) is 54.1 Å². The summed E-state index contributed by atoms with van der Waals surface area (Å²) < 4.78 is 29.7. The van der Waals surface area contributed by atoms with Crippen molar-refractivity contribution < 1.29 is 22.8 Å². The van der Waals surface area contributed by atoms with Crippen molar-refractivity contribution in [3.05, 3.63) is 59.5 Å². The summed E-state index contributed by atoms with van der Waals surface area (Å²) in [5.41, 5.74) is 3.66. The Bertz CT molecular complexity index is 1890. The van der Waals surface area contributed by atoms with Gasteiger partial charge >= 0.3 is 0 Å². The van der Waals surface area contributed by atoms with E-state index in [9.17, 15) is 13.2 Å². The number of rotatable bonds is 7. The van der Waals surface area contributed by atoms with Crippen molar-refractivity contribution >= 4 is 49.7 Å². The average molecular weight is 602 g/mol. The Hall–Kier alpha value is -4.23. The Kier molecular flexibility index (Phi) is 5.76. The lowest BCUT2D eigenvalue weighted by Gasteiger charge is -2.31. The van der Waals surface area contributed by atoms with Crippen molar-refractivity contribution in [1.29, 1.82) is 0 Å². The van der Waals surface area contributed by atoms with Crippen LogP contribution in [0, 0.1) is 0 Å². The third-order valence-electron chi connectivity index (χ3n) is 9.24. The highest BCUT2D eigenvalue weighted by molar-refractivity contribution is 7.91. The number of carbonyl (C=O) groups is 1. The first-order chi connectivity index (χ1) is 20.8. The summed E-state index contributed by atoms with van der Waals surface area (Å²) in [4.78, 5) is 30.6. The number of aromatic amines is 1. The third-order valence-corrected chi connectivity index (χ3v) is 10.8. The van der Waals surface area contributed by atoms with Gasteiger partial charge in [-0.25, -0.2) is 18.4 Å². The predicted molar refractivity (Wildman–Crippen MR) is 161 cm³/mol. The standard InChI is InChI=1S/C30H31N7O5S/c1-41-19-6-8-23-21(14-19)30(29(38)32-23)15-22(30)18-5-7-20-24(13-18)34-35-27(20)37(42-2)25-16-31-26(17-3-4-17)33-28(25)36-9-11-43(39,40)12-10-36/h5-8,13-14,16-17,22H,3-4,9-12,15H2,1-2H3,(H,32,38)(H,34,35)/t22-,30-/m0/s1. The maximum Gasteiger partial charge on any atom is 0.235 e. The Morgan fingerprint density at radius 3 is 2.65 bits per heavy atom. The number of hydrogen-bond acceptors (Lipinski definition) is 10. The van der Waals surface area contributed by atoms with Crippen molar-refractivity contribution in [3.8, 4) is 5.75 Å². The van der Waals surface area contributed by atoms with Crippen LogP contribution in [0.3, 0.4) is 0 Å². The molecule has 0 unspecified atom stereocenters. The molecular weight excluding hydrogens is 570 g/mol. The van der Waals surface area contributed by atoms with Gasteiger partial charge in [-0.05, 0) is 60.7 Å². The third kappa shape index (κ3) is 4.16. The minimum atomic E-state index is -3.06. The highest BCUT2D eigenvalue weighted by Gasteiger charge is 2.65. The van der Waals surface area contributed by atoms with E-state index in [0.29, 0.717) is 36.3 Å². The summed E-state index contributed by atoms with van der Waals surface area (Å²) in [5.74, 6) is 3.22. The molecule has 4 aliphatic rings. The maximum absolute atomic E-state index is 13.2. The first-order valence-corrected chi connectivity index (χ1v) is 16.3. The molecule has 222 valence electrons. The SMILES string of the molecule is COc1ccc2c(c1)[C@]1(C[C@H]1c1ccc3c(N(OC)c4cnc(C5CC5)nc4N4CCS(=O)(=O)CC4)n[nH]c3c1)C(=O)N2. The topological polar surface area (TPSA) is 143 Å². The van der Waals surface area contributed by atoms with Crippen LogP contribution in [0.25, 0.3) is 10.9 Å². The van der Waals surface area contributed by atoms with E-state index in [0.717, 1.165) is 58.6 Å². The molecule has 1 amide bonds. The van der Waals surface area contributed by atoms with Crippen LogP contribution < -0.4 is 20.0 Å². The fourth-order valence-corrected chi connectivity index (χ4v) is 7.81. The molecule has 8 rings (SSSR count). The van der Waals surface area contributed by atoms with E-state index in [-0.39, 0.29) is 23.3 Å².